The highest BCUT2D eigenvalue weighted by atomic mass is 35.5. The van der Waals surface area contributed by atoms with E-state index in [2.05, 4.69) is 6.58 Å². The van der Waals surface area contributed by atoms with E-state index in [1.165, 1.54) is 16.7 Å². The van der Waals surface area contributed by atoms with Gasteiger partial charge in [0.1, 0.15) is 29.0 Å². The van der Waals surface area contributed by atoms with Crippen molar-refractivity contribution in [2.24, 2.45) is 0 Å². The molecule has 7 heteroatoms. The first-order valence-corrected chi connectivity index (χ1v) is 10.6. The number of hydrogen-bond donors (Lipinski definition) is 0. The van der Waals surface area contributed by atoms with E-state index in [0.717, 1.165) is 11.3 Å². The van der Waals surface area contributed by atoms with Gasteiger partial charge in [0, 0.05) is 17.1 Å². The molecule has 1 heterocycles. The Morgan fingerprint density at radius 2 is 1.90 bits per heavy atom. The number of carbonyl (C=O) groups excluding carboxylic acids is 1. The Morgan fingerprint density at radius 1 is 1.17 bits per heavy atom. The highest BCUT2D eigenvalue weighted by molar-refractivity contribution is 8.26. The Labute approximate surface area is 185 Å². The lowest BCUT2D eigenvalue weighted by Crippen LogP contribution is -2.27. The number of rotatable bonds is 8. The van der Waals surface area contributed by atoms with E-state index in [4.69, 9.17) is 33.3 Å². The topological polar surface area (TPSA) is 38.8 Å². The molecule has 1 aliphatic rings. The number of amides is 1. The summed E-state index contributed by atoms with van der Waals surface area (Å²) in [5.41, 5.74) is 1.79. The molecule has 150 valence electrons. The number of hydrogen-bond acceptors (Lipinski definition) is 5. The molecule has 2 aromatic rings. The lowest BCUT2D eigenvalue weighted by Gasteiger charge is -2.12. The van der Waals surface area contributed by atoms with Gasteiger partial charge < -0.3 is 9.47 Å². The van der Waals surface area contributed by atoms with Gasteiger partial charge in [-0.1, -0.05) is 59.9 Å². The van der Waals surface area contributed by atoms with Crippen LogP contribution < -0.4 is 9.47 Å². The van der Waals surface area contributed by atoms with Crippen LogP contribution in [0.4, 0.5) is 0 Å². The number of para-hydroxylation sites is 1. The van der Waals surface area contributed by atoms with Crippen LogP contribution in [-0.4, -0.2) is 34.9 Å². The van der Waals surface area contributed by atoms with Gasteiger partial charge in [-0.05, 0) is 42.8 Å². The van der Waals surface area contributed by atoms with Crippen molar-refractivity contribution in [2.45, 2.75) is 6.92 Å². The Morgan fingerprint density at radius 3 is 2.62 bits per heavy atom. The van der Waals surface area contributed by atoms with Crippen LogP contribution in [0.1, 0.15) is 11.1 Å². The van der Waals surface area contributed by atoms with E-state index in [-0.39, 0.29) is 5.91 Å². The number of ether oxygens (including phenoxy) is 2. The molecule has 0 atom stereocenters. The molecule has 0 saturated carbocycles. The predicted octanol–water partition coefficient (Wildman–Crippen LogP) is 5.49. The fourth-order valence-electron chi connectivity index (χ4n) is 2.71. The fraction of sp³-hybridized carbons (Fsp3) is 0.182. The molecular weight excluding hydrogens is 426 g/mol. The minimum Gasteiger partial charge on any atom is -0.490 e. The normalized spacial score (nSPS) is 15.1. The first-order valence-electron chi connectivity index (χ1n) is 8.96. The zero-order valence-corrected chi connectivity index (χ0v) is 18.3. The van der Waals surface area contributed by atoms with Gasteiger partial charge in [-0.3, -0.25) is 9.69 Å². The molecule has 0 N–H and O–H groups in total. The third-order valence-corrected chi connectivity index (χ3v) is 5.75. The minimum atomic E-state index is -0.145. The highest BCUT2D eigenvalue weighted by Gasteiger charge is 2.31. The second kappa shape index (κ2) is 9.96. The summed E-state index contributed by atoms with van der Waals surface area (Å²) in [5, 5.41) is 0.557. The van der Waals surface area contributed by atoms with Crippen molar-refractivity contribution in [2.75, 3.05) is 19.8 Å². The summed E-state index contributed by atoms with van der Waals surface area (Å²) in [5.74, 6) is 1.31. The highest BCUT2D eigenvalue weighted by Crippen LogP contribution is 2.35. The predicted molar refractivity (Wildman–Crippen MR) is 124 cm³/mol. The van der Waals surface area contributed by atoms with Crippen LogP contribution in [0.5, 0.6) is 11.5 Å². The molecule has 0 spiro atoms. The summed E-state index contributed by atoms with van der Waals surface area (Å²) in [6.07, 6.45) is 3.40. The Hall–Kier alpha value is -2.28. The number of thioether (sulfide) groups is 1. The van der Waals surface area contributed by atoms with Gasteiger partial charge in [-0.15, -0.1) is 6.58 Å². The summed E-state index contributed by atoms with van der Waals surface area (Å²) >= 11 is 12.7. The van der Waals surface area contributed by atoms with Gasteiger partial charge in [0.25, 0.3) is 5.91 Å². The van der Waals surface area contributed by atoms with Crippen LogP contribution in [0.25, 0.3) is 6.08 Å². The number of aryl methyl sites for hydroxylation is 1. The molecule has 0 radical (unpaired) electrons. The van der Waals surface area contributed by atoms with E-state index in [9.17, 15) is 4.79 Å². The first-order chi connectivity index (χ1) is 14.0. The van der Waals surface area contributed by atoms with Crippen molar-refractivity contribution in [3.05, 3.63) is 76.2 Å². The molecule has 0 aliphatic carbocycles. The monoisotopic (exact) mass is 445 g/mol. The third-order valence-electron chi connectivity index (χ3n) is 4.14. The summed E-state index contributed by atoms with van der Waals surface area (Å²) < 4.78 is 12.2. The third kappa shape index (κ3) is 5.41. The quantitative estimate of drug-likeness (QED) is 0.232. The van der Waals surface area contributed by atoms with Crippen molar-refractivity contribution in [1.82, 2.24) is 4.90 Å². The van der Waals surface area contributed by atoms with Crippen LogP contribution >= 0.6 is 35.6 Å². The molecule has 0 unspecified atom stereocenters. The number of nitrogens with zero attached hydrogens (tertiary/aromatic N) is 1. The van der Waals surface area contributed by atoms with Crippen molar-refractivity contribution in [1.29, 1.82) is 0 Å². The Bertz CT molecular complexity index is 974. The smallest absolute Gasteiger partial charge is 0.266 e. The van der Waals surface area contributed by atoms with Gasteiger partial charge in [-0.2, -0.15) is 0 Å². The maximum absolute atomic E-state index is 12.6. The fourth-order valence-corrected chi connectivity index (χ4v) is 4.16. The largest absolute Gasteiger partial charge is 0.490 e. The molecule has 4 nitrogen and oxygen atoms in total. The number of halogens is 1. The molecule has 0 bridgehead atoms. The minimum absolute atomic E-state index is 0.145. The molecule has 0 aromatic heterocycles. The summed E-state index contributed by atoms with van der Waals surface area (Å²) in [7, 11) is 0. The van der Waals surface area contributed by atoms with Crippen molar-refractivity contribution < 1.29 is 14.3 Å². The Kier molecular flexibility index (Phi) is 7.36. The number of thiocarbonyl (C=S) groups is 1. The van der Waals surface area contributed by atoms with E-state index >= 15 is 0 Å². The van der Waals surface area contributed by atoms with Crippen molar-refractivity contribution in [3.63, 3.8) is 0 Å². The molecule has 2 aromatic carbocycles. The summed E-state index contributed by atoms with van der Waals surface area (Å²) in [6, 6.07) is 13.1. The summed E-state index contributed by atoms with van der Waals surface area (Å²) in [6.45, 7) is 6.80. The van der Waals surface area contributed by atoms with Crippen LogP contribution in [-0.2, 0) is 4.79 Å². The van der Waals surface area contributed by atoms with E-state index in [1.54, 1.807) is 30.4 Å². The maximum Gasteiger partial charge on any atom is 0.266 e. The van der Waals surface area contributed by atoms with Gasteiger partial charge in [0.15, 0.2) is 0 Å². The average Bonchev–Trinajstić information content (AvgIpc) is 2.95. The van der Waals surface area contributed by atoms with Gasteiger partial charge in [0.2, 0.25) is 0 Å². The molecule has 1 amide bonds. The van der Waals surface area contributed by atoms with Gasteiger partial charge in [0.05, 0.1) is 4.91 Å². The number of benzene rings is 2. The lowest BCUT2D eigenvalue weighted by atomic mass is 10.2. The van der Waals surface area contributed by atoms with Gasteiger partial charge >= 0.3 is 0 Å². The molecular formula is C22H20ClNO3S2. The number of carbonyl (C=O) groups is 1. The van der Waals surface area contributed by atoms with E-state index in [0.29, 0.717) is 45.3 Å². The van der Waals surface area contributed by atoms with Gasteiger partial charge in [-0.25, -0.2) is 0 Å². The van der Waals surface area contributed by atoms with Crippen molar-refractivity contribution in [3.8, 4) is 11.5 Å². The molecule has 29 heavy (non-hydrogen) atoms. The zero-order chi connectivity index (χ0) is 20.8. The second-order valence-corrected chi connectivity index (χ2v) is 8.34. The van der Waals surface area contributed by atoms with E-state index in [1.807, 2.05) is 31.2 Å². The maximum atomic E-state index is 12.6. The van der Waals surface area contributed by atoms with Crippen molar-refractivity contribution >= 4 is 51.9 Å². The molecule has 1 fully saturated rings. The molecule has 1 aliphatic heterocycles. The lowest BCUT2D eigenvalue weighted by molar-refractivity contribution is -0.121. The zero-order valence-electron chi connectivity index (χ0n) is 15.9. The molecule has 3 rings (SSSR count). The average molecular weight is 446 g/mol. The van der Waals surface area contributed by atoms with Crippen LogP contribution in [0, 0.1) is 6.92 Å². The summed E-state index contributed by atoms with van der Waals surface area (Å²) in [4.78, 5) is 14.6. The van der Waals surface area contributed by atoms with Crippen LogP contribution in [0.2, 0.25) is 5.02 Å². The van der Waals surface area contributed by atoms with Crippen LogP contribution in [0.3, 0.4) is 0 Å². The SMILES string of the molecule is C=CCN1C(=O)C(=Cc2cc(Cl)ccc2OCCOc2ccccc2C)SC1=S. The van der Waals surface area contributed by atoms with Crippen LogP contribution in [0.15, 0.2) is 60.0 Å². The first kappa shape index (κ1) is 21.4. The Balaban J connectivity index is 1.70. The van der Waals surface area contributed by atoms with E-state index < -0.39 is 0 Å². The molecule has 1 saturated heterocycles. The second-order valence-electron chi connectivity index (χ2n) is 6.23. The standard InChI is InChI=1S/C22H20ClNO3S2/c1-3-10-24-21(25)20(29-22(24)28)14-16-13-17(23)8-9-19(16)27-12-11-26-18-7-5-4-6-15(18)2/h3-9,13-14H,1,10-12H2,2H3.